The summed E-state index contributed by atoms with van der Waals surface area (Å²) in [5.74, 6) is 0. The zero-order valence-electron chi connectivity index (χ0n) is 16.4. The molecule has 1 N–H and O–H groups in total. The maximum atomic E-state index is 13.0. The van der Waals surface area contributed by atoms with Gasteiger partial charge in [-0.1, -0.05) is 42.5 Å². The third-order valence-electron chi connectivity index (χ3n) is 4.84. The molecule has 5 nitrogen and oxygen atoms in total. The van der Waals surface area contributed by atoms with Crippen molar-refractivity contribution in [3.8, 4) is 22.0 Å². The molecule has 2 heterocycles. The normalized spacial score (nSPS) is 11.6. The largest absolute Gasteiger partial charge is 0.345 e. The van der Waals surface area contributed by atoms with Crippen molar-refractivity contribution in [1.82, 2.24) is 9.55 Å². The van der Waals surface area contributed by atoms with Crippen LogP contribution >= 0.6 is 11.3 Å². The lowest BCUT2D eigenvalue weighted by molar-refractivity contribution is 0.600. The minimum absolute atomic E-state index is 0.257. The highest BCUT2D eigenvalue weighted by Crippen LogP contribution is 2.33. The van der Waals surface area contributed by atoms with E-state index in [1.807, 2.05) is 72.4 Å². The predicted molar refractivity (Wildman–Crippen MR) is 119 cm³/mol. The Morgan fingerprint density at radius 3 is 2.48 bits per heavy atom. The Hall–Kier alpha value is -2.90. The van der Waals surface area contributed by atoms with Gasteiger partial charge in [0, 0.05) is 29.4 Å². The van der Waals surface area contributed by atoms with Crippen molar-refractivity contribution >= 4 is 27.0 Å². The van der Waals surface area contributed by atoms with Gasteiger partial charge >= 0.3 is 0 Å². The van der Waals surface area contributed by atoms with E-state index in [1.54, 1.807) is 19.1 Å². The number of anilines is 1. The van der Waals surface area contributed by atoms with Crippen LogP contribution in [0.3, 0.4) is 0 Å². The van der Waals surface area contributed by atoms with Gasteiger partial charge in [0.1, 0.15) is 9.90 Å². The van der Waals surface area contributed by atoms with E-state index in [1.165, 1.54) is 11.3 Å². The van der Waals surface area contributed by atoms with E-state index < -0.39 is 10.0 Å². The predicted octanol–water partition coefficient (Wildman–Crippen LogP) is 5.23. The third kappa shape index (κ3) is 3.83. The van der Waals surface area contributed by atoms with Gasteiger partial charge in [-0.3, -0.25) is 4.72 Å². The highest BCUT2D eigenvalue weighted by atomic mass is 32.2. The van der Waals surface area contributed by atoms with Gasteiger partial charge in [0.05, 0.1) is 11.4 Å². The molecule has 0 saturated carbocycles. The zero-order valence-corrected chi connectivity index (χ0v) is 18.0. The first kappa shape index (κ1) is 19.4. The summed E-state index contributed by atoms with van der Waals surface area (Å²) >= 11 is 1.50. The Morgan fingerprint density at radius 2 is 1.76 bits per heavy atom. The van der Waals surface area contributed by atoms with E-state index in [0.717, 1.165) is 27.5 Å². The number of benzene rings is 2. The number of nitrogens with zero attached hydrogens (tertiary/aromatic N) is 2. The van der Waals surface area contributed by atoms with Crippen molar-refractivity contribution < 1.29 is 8.42 Å². The molecule has 0 saturated heterocycles. The number of aryl methyl sites for hydroxylation is 1. The van der Waals surface area contributed by atoms with Crippen LogP contribution in [0.1, 0.15) is 11.3 Å². The molecular formula is C22H21N3O2S2. The smallest absolute Gasteiger partial charge is 0.263 e. The summed E-state index contributed by atoms with van der Waals surface area (Å²) in [6.07, 6.45) is 0. The number of thiazole rings is 1. The van der Waals surface area contributed by atoms with Gasteiger partial charge in [-0.2, -0.15) is 0 Å². The van der Waals surface area contributed by atoms with Crippen molar-refractivity contribution in [2.45, 2.75) is 18.7 Å². The van der Waals surface area contributed by atoms with E-state index in [-0.39, 0.29) is 4.90 Å². The molecule has 0 aliphatic carbocycles. The molecule has 0 radical (unpaired) electrons. The topological polar surface area (TPSA) is 64.0 Å². The van der Waals surface area contributed by atoms with Gasteiger partial charge in [-0.25, -0.2) is 13.4 Å². The molecule has 29 heavy (non-hydrogen) atoms. The van der Waals surface area contributed by atoms with E-state index in [0.29, 0.717) is 11.4 Å². The van der Waals surface area contributed by atoms with E-state index in [9.17, 15) is 8.42 Å². The number of nitrogens with one attached hydrogen (secondary N) is 1. The lowest BCUT2D eigenvalue weighted by Gasteiger charge is -2.08. The Labute approximate surface area is 174 Å². The van der Waals surface area contributed by atoms with E-state index >= 15 is 0 Å². The molecule has 2 aromatic heterocycles. The Morgan fingerprint density at radius 1 is 1.00 bits per heavy atom. The van der Waals surface area contributed by atoms with E-state index in [2.05, 4.69) is 4.72 Å². The highest BCUT2D eigenvalue weighted by molar-refractivity contribution is 7.92. The minimum Gasteiger partial charge on any atom is -0.345 e. The van der Waals surface area contributed by atoms with Crippen LogP contribution in [0.15, 0.2) is 70.9 Å². The summed E-state index contributed by atoms with van der Waals surface area (Å²) in [5, 5.41) is 2.78. The van der Waals surface area contributed by atoms with Gasteiger partial charge in [0.15, 0.2) is 0 Å². The molecular weight excluding hydrogens is 402 g/mol. The number of rotatable bonds is 5. The first-order valence-electron chi connectivity index (χ1n) is 9.12. The van der Waals surface area contributed by atoms with E-state index in [4.69, 9.17) is 4.98 Å². The second kappa shape index (κ2) is 7.50. The van der Waals surface area contributed by atoms with Crippen molar-refractivity contribution in [2.75, 3.05) is 4.72 Å². The molecule has 0 fully saturated rings. The summed E-state index contributed by atoms with van der Waals surface area (Å²) in [6.45, 7) is 3.73. The van der Waals surface area contributed by atoms with Gasteiger partial charge in [-0.05, 0) is 37.6 Å². The summed E-state index contributed by atoms with van der Waals surface area (Å²) < 4.78 is 30.6. The van der Waals surface area contributed by atoms with Crippen LogP contribution in [0.4, 0.5) is 5.69 Å². The summed E-state index contributed by atoms with van der Waals surface area (Å²) in [7, 11) is -1.85. The van der Waals surface area contributed by atoms with Crippen molar-refractivity contribution in [2.24, 2.45) is 7.05 Å². The molecule has 4 aromatic rings. The monoisotopic (exact) mass is 423 g/mol. The molecule has 7 heteroatoms. The second-order valence-electron chi connectivity index (χ2n) is 6.92. The molecule has 0 spiro atoms. The first-order chi connectivity index (χ1) is 13.8. The van der Waals surface area contributed by atoms with Crippen LogP contribution in [-0.4, -0.2) is 18.0 Å². The fourth-order valence-corrected chi connectivity index (χ4v) is 5.42. The number of aromatic nitrogens is 2. The average molecular weight is 424 g/mol. The molecule has 0 bridgehead atoms. The van der Waals surface area contributed by atoms with Crippen LogP contribution in [-0.2, 0) is 17.1 Å². The Bertz CT molecular complexity index is 1270. The number of sulfonamides is 1. The van der Waals surface area contributed by atoms with Crippen LogP contribution in [0.5, 0.6) is 0 Å². The van der Waals surface area contributed by atoms with Gasteiger partial charge < -0.3 is 4.57 Å². The quantitative estimate of drug-likeness (QED) is 0.478. The lowest BCUT2D eigenvalue weighted by Crippen LogP contribution is -2.13. The zero-order chi connectivity index (χ0) is 20.6. The van der Waals surface area contributed by atoms with Gasteiger partial charge in [0.25, 0.3) is 10.0 Å². The Kier molecular flexibility index (Phi) is 5.02. The Balaban J connectivity index is 1.70. The van der Waals surface area contributed by atoms with Gasteiger partial charge in [-0.15, -0.1) is 11.3 Å². The third-order valence-corrected chi connectivity index (χ3v) is 7.20. The summed E-state index contributed by atoms with van der Waals surface area (Å²) in [4.78, 5) is 4.98. The molecule has 4 rings (SSSR count). The molecule has 2 aromatic carbocycles. The maximum absolute atomic E-state index is 13.0. The lowest BCUT2D eigenvalue weighted by atomic mass is 10.2. The van der Waals surface area contributed by atoms with Crippen LogP contribution in [0, 0.1) is 13.8 Å². The SMILES string of the molecule is Cc1cccc(NS(=O)(=O)c2cc(-c3nc(-c4ccccc4)cs3)n(C)c2C)c1. The molecule has 0 amide bonds. The maximum Gasteiger partial charge on any atom is 0.263 e. The summed E-state index contributed by atoms with van der Waals surface area (Å²) in [5.41, 5.74) is 4.90. The fourth-order valence-electron chi connectivity index (χ4n) is 3.20. The highest BCUT2D eigenvalue weighted by Gasteiger charge is 2.23. The van der Waals surface area contributed by atoms with Crippen molar-refractivity contribution in [3.05, 3.63) is 77.3 Å². The number of hydrogen-bond donors (Lipinski definition) is 1. The first-order valence-corrected chi connectivity index (χ1v) is 11.5. The van der Waals surface area contributed by atoms with Crippen molar-refractivity contribution in [3.63, 3.8) is 0 Å². The molecule has 0 unspecified atom stereocenters. The standard InChI is InChI=1S/C22H21N3O2S2/c1-15-8-7-11-18(12-15)24-29(26,27)21-13-20(25(3)16(21)2)22-23-19(14-28-22)17-9-5-4-6-10-17/h4-14,24H,1-3H3. The van der Waals surface area contributed by atoms with Crippen LogP contribution in [0.2, 0.25) is 0 Å². The molecule has 0 atom stereocenters. The fraction of sp³-hybridized carbons (Fsp3) is 0.136. The van der Waals surface area contributed by atoms with Crippen LogP contribution < -0.4 is 4.72 Å². The van der Waals surface area contributed by atoms with Gasteiger partial charge in [0.2, 0.25) is 0 Å². The average Bonchev–Trinajstić information content (AvgIpc) is 3.28. The molecule has 148 valence electrons. The van der Waals surface area contributed by atoms with Crippen LogP contribution in [0.25, 0.3) is 22.0 Å². The molecule has 0 aliphatic heterocycles. The number of hydrogen-bond acceptors (Lipinski definition) is 4. The minimum atomic E-state index is -3.71. The second-order valence-corrected chi connectivity index (χ2v) is 9.43. The molecule has 0 aliphatic rings. The summed E-state index contributed by atoms with van der Waals surface area (Å²) in [6, 6.07) is 18.9. The van der Waals surface area contributed by atoms with Crippen molar-refractivity contribution in [1.29, 1.82) is 0 Å².